The molecular formula is C21H19F6N3O3. The normalized spacial score (nSPS) is 13.5. The molecule has 0 saturated carbocycles. The highest BCUT2D eigenvalue weighted by Gasteiger charge is 2.41. The summed E-state index contributed by atoms with van der Waals surface area (Å²) in [5.74, 6) is -4.20. The number of amides is 3. The van der Waals surface area contributed by atoms with Crippen LogP contribution in [0, 0.1) is 0 Å². The number of anilines is 1. The number of carbonyl (C=O) groups is 3. The minimum atomic E-state index is -5.22. The van der Waals surface area contributed by atoms with Crippen molar-refractivity contribution in [3.05, 3.63) is 65.7 Å². The summed E-state index contributed by atoms with van der Waals surface area (Å²) in [5.41, 5.74) is -0.451. The molecule has 0 spiro atoms. The molecule has 2 aromatic rings. The van der Waals surface area contributed by atoms with Crippen molar-refractivity contribution in [1.29, 1.82) is 0 Å². The highest BCUT2D eigenvalue weighted by Crippen LogP contribution is 2.29. The number of hydrogen-bond acceptors (Lipinski definition) is 3. The van der Waals surface area contributed by atoms with Gasteiger partial charge in [0.15, 0.2) is 0 Å². The van der Waals surface area contributed by atoms with Crippen molar-refractivity contribution in [1.82, 2.24) is 10.6 Å². The summed E-state index contributed by atoms with van der Waals surface area (Å²) in [6, 6.07) is 8.54. The van der Waals surface area contributed by atoms with E-state index in [2.05, 4.69) is 10.6 Å². The fourth-order valence-corrected chi connectivity index (χ4v) is 2.67. The average molecular weight is 475 g/mol. The van der Waals surface area contributed by atoms with E-state index in [1.807, 2.05) is 0 Å². The molecule has 0 aromatic heterocycles. The van der Waals surface area contributed by atoms with Gasteiger partial charge in [-0.3, -0.25) is 14.4 Å². The largest absolute Gasteiger partial charge is 0.471 e. The van der Waals surface area contributed by atoms with Crippen molar-refractivity contribution in [2.75, 3.05) is 5.32 Å². The molecule has 178 valence electrons. The molecule has 12 heteroatoms. The number of benzene rings is 2. The lowest BCUT2D eigenvalue weighted by atomic mass is 10.0. The summed E-state index contributed by atoms with van der Waals surface area (Å²) in [4.78, 5) is 36.2. The second-order valence-electron chi connectivity index (χ2n) is 7.01. The van der Waals surface area contributed by atoms with Crippen LogP contribution in [-0.4, -0.2) is 36.0 Å². The summed E-state index contributed by atoms with van der Waals surface area (Å²) in [6.45, 7) is 1.22. The molecule has 2 unspecified atom stereocenters. The van der Waals surface area contributed by atoms with E-state index in [1.165, 1.54) is 6.92 Å². The van der Waals surface area contributed by atoms with E-state index in [4.69, 9.17) is 0 Å². The van der Waals surface area contributed by atoms with Crippen LogP contribution in [0.5, 0.6) is 0 Å². The molecule has 0 bridgehead atoms. The fraction of sp³-hybridized carbons (Fsp3) is 0.286. The quantitative estimate of drug-likeness (QED) is 0.537. The van der Waals surface area contributed by atoms with Gasteiger partial charge < -0.3 is 16.0 Å². The maximum atomic E-state index is 12.7. The van der Waals surface area contributed by atoms with Crippen LogP contribution >= 0.6 is 0 Å². The van der Waals surface area contributed by atoms with Crippen LogP contribution in [0.15, 0.2) is 54.6 Å². The Morgan fingerprint density at radius 2 is 1.39 bits per heavy atom. The second kappa shape index (κ2) is 10.4. The van der Waals surface area contributed by atoms with Crippen LogP contribution in [0.4, 0.5) is 32.0 Å². The number of carbonyl (C=O) groups excluding carboxylic acids is 3. The first-order valence-corrected chi connectivity index (χ1v) is 9.47. The van der Waals surface area contributed by atoms with E-state index in [-0.39, 0.29) is 12.1 Å². The van der Waals surface area contributed by atoms with E-state index in [0.29, 0.717) is 5.56 Å². The number of alkyl halides is 6. The molecule has 0 heterocycles. The van der Waals surface area contributed by atoms with Crippen LogP contribution in [0.25, 0.3) is 0 Å². The fourth-order valence-electron chi connectivity index (χ4n) is 2.67. The molecule has 0 aliphatic carbocycles. The van der Waals surface area contributed by atoms with Gasteiger partial charge in [-0.2, -0.15) is 26.3 Å². The topological polar surface area (TPSA) is 87.3 Å². The van der Waals surface area contributed by atoms with Crippen LogP contribution in [-0.2, 0) is 27.0 Å². The zero-order chi connectivity index (χ0) is 24.8. The first kappa shape index (κ1) is 25.7. The Hall–Kier alpha value is -3.57. The Bertz CT molecular complexity index is 975. The van der Waals surface area contributed by atoms with Gasteiger partial charge in [0.25, 0.3) is 0 Å². The van der Waals surface area contributed by atoms with Crippen molar-refractivity contribution < 1.29 is 40.7 Å². The molecule has 3 N–H and O–H groups in total. The molecule has 0 fully saturated rings. The summed E-state index contributed by atoms with van der Waals surface area (Å²) < 4.78 is 75.8. The Labute approximate surface area is 184 Å². The highest BCUT2D eigenvalue weighted by atomic mass is 19.4. The molecule has 0 radical (unpaired) electrons. The Morgan fingerprint density at radius 3 is 1.91 bits per heavy atom. The van der Waals surface area contributed by atoms with Gasteiger partial charge in [0, 0.05) is 12.1 Å². The molecule has 2 rings (SSSR count). The van der Waals surface area contributed by atoms with Crippen molar-refractivity contribution in [3.8, 4) is 0 Å². The third-order valence-electron chi connectivity index (χ3n) is 4.39. The molecule has 0 aliphatic heterocycles. The van der Waals surface area contributed by atoms with Crippen LogP contribution in [0.3, 0.4) is 0 Å². The van der Waals surface area contributed by atoms with E-state index in [0.717, 1.165) is 24.3 Å². The lowest BCUT2D eigenvalue weighted by Gasteiger charge is -2.22. The van der Waals surface area contributed by atoms with Crippen molar-refractivity contribution in [2.24, 2.45) is 0 Å². The lowest BCUT2D eigenvalue weighted by Crippen LogP contribution is -2.54. The van der Waals surface area contributed by atoms with Gasteiger partial charge in [-0.05, 0) is 36.8 Å². The number of halogens is 6. The lowest BCUT2D eigenvalue weighted by molar-refractivity contribution is -0.174. The van der Waals surface area contributed by atoms with Crippen molar-refractivity contribution in [3.63, 3.8) is 0 Å². The van der Waals surface area contributed by atoms with E-state index in [1.54, 1.807) is 35.6 Å². The Kier molecular flexibility index (Phi) is 8.07. The Morgan fingerprint density at radius 1 is 0.818 bits per heavy atom. The smallest absolute Gasteiger partial charge is 0.343 e. The summed E-state index contributed by atoms with van der Waals surface area (Å²) in [7, 11) is 0. The summed E-state index contributed by atoms with van der Waals surface area (Å²) in [5, 5.41) is 6.10. The van der Waals surface area contributed by atoms with Gasteiger partial charge in [-0.15, -0.1) is 0 Å². The SMILES string of the molecule is CC(NC(=O)C(Cc1ccccc1)NC(=O)C(F)(F)F)C(=O)Nc1ccc(C(F)(F)F)cc1. The molecule has 0 saturated heterocycles. The minimum absolute atomic E-state index is 0.0142. The molecule has 3 amide bonds. The van der Waals surface area contributed by atoms with E-state index in [9.17, 15) is 40.7 Å². The zero-order valence-electron chi connectivity index (χ0n) is 17.1. The van der Waals surface area contributed by atoms with Gasteiger partial charge in [-0.25, -0.2) is 0 Å². The monoisotopic (exact) mass is 475 g/mol. The van der Waals surface area contributed by atoms with Crippen molar-refractivity contribution >= 4 is 23.4 Å². The molecule has 2 aromatic carbocycles. The van der Waals surface area contributed by atoms with Crippen LogP contribution in [0.2, 0.25) is 0 Å². The minimum Gasteiger partial charge on any atom is -0.343 e. The molecule has 33 heavy (non-hydrogen) atoms. The van der Waals surface area contributed by atoms with E-state index >= 15 is 0 Å². The van der Waals surface area contributed by atoms with Crippen LogP contribution < -0.4 is 16.0 Å². The van der Waals surface area contributed by atoms with Gasteiger partial charge in [0.2, 0.25) is 11.8 Å². The van der Waals surface area contributed by atoms with Gasteiger partial charge >= 0.3 is 18.3 Å². The predicted molar refractivity (Wildman–Crippen MR) is 106 cm³/mol. The second-order valence-corrected chi connectivity index (χ2v) is 7.01. The van der Waals surface area contributed by atoms with Crippen LogP contribution in [0.1, 0.15) is 18.1 Å². The first-order valence-electron chi connectivity index (χ1n) is 9.47. The molecular weight excluding hydrogens is 456 g/mol. The van der Waals surface area contributed by atoms with Crippen molar-refractivity contribution in [2.45, 2.75) is 37.8 Å². The Balaban J connectivity index is 2.06. The first-order chi connectivity index (χ1) is 15.3. The molecule has 0 aliphatic rings. The van der Waals surface area contributed by atoms with Gasteiger partial charge in [-0.1, -0.05) is 30.3 Å². The molecule has 2 atom stereocenters. The van der Waals surface area contributed by atoms with Gasteiger partial charge in [0.05, 0.1) is 5.56 Å². The third kappa shape index (κ3) is 7.81. The number of rotatable bonds is 7. The highest BCUT2D eigenvalue weighted by molar-refractivity contribution is 5.98. The maximum absolute atomic E-state index is 12.7. The number of nitrogens with one attached hydrogen (secondary N) is 3. The van der Waals surface area contributed by atoms with Gasteiger partial charge in [0.1, 0.15) is 12.1 Å². The zero-order valence-corrected chi connectivity index (χ0v) is 17.1. The summed E-state index contributed by atoms with van der Waals surface area (Å²) in [6.07, 6.45) is -10.1. The van der Waals surface area contributed by atoms with E-state index < -0.39 is 47.7 Å². The predicted octanol–water partition coefficient (Wildman–Crippen LogP) is 3.44. The summed E-state index contributed by atoms with van der Waals surface area (Å²) >= 11 is 0. The standard InChI is InChI=1S/C21H19F6N3O3/c1-12(17(31)29-15-9-7-14(8-10-15)20(22,23)24)28-18(32)16(30-19(33)21(25,26)27)11-13-5-3-2-4-6-13/h2-10,12,16H,11H2,1H3,(H,28,32)(H,29,31)(H,30,33). The third-order valence-corrected chi connectivity index (χ3v) is 4.39. The molecule has 6 nitrogen and oxygen atoms in total. The maximum Gasteiger partial charge on any atom is 0.471 e. The average Bonchev–Trinajstić information content (AvgIpc) is 2.72. The number of hydrogen-bond donors (Lipinski definition) is 3.